The predicted octanol–water partition coefficient (Wildman–Crippen LogP) is 2.75. The third kappa shape index (κ3) is 3.58. The summed E-state index contributed by atoms with van der Waals surface area (Å²) in [5.41, 5.74) is 1.22. The second-order valence-corrected chi connectivity index (χ2v) is 7.62. The van der Waals surface area contributed by atoms with Gasteiger partial charge in [0.15, 0.2) is 5.82 Å². The number of nitrogens with zero attached hydrogens (tertiary/aromatic N) is 4. The van der Waals surface area contributed by atoms with Crippen LogP contribution in [0, 0.1) is 11.2 Å². The molecule has 2 saturated heterocycles. The van der Waals surface area contributed by atoms with E-state index in [-0.39, 0.29) is 17.1 Å². The molecule has 1 aromatic carbocycles. The molecule has 6 nitrogen and oxygen atoms in total. The molecule has 7 heteroatoms. The Balaban J connectivity index is 1.46. The minimum atomic E-state index is -0.316. The minimum Gasteiger partial charge on any atom is -0.383 e. The van der Waals surface area contributed by atoms with Crippen molar-refractivity contribution in [3.05, 3.63) is 42.2 Å². The van der Waals surface area contributed by atoms with E-state index in [1.54, 1.807) is 19.2 Å². The number of methoxy groups -OCH3 is 1. The van der Waals surface area contributed by atoms with Crippen molar-refractivity contribution in [2.45, 2.75) is 19.3 Å². The fourth-order valence-corrected chi connectivity index (χ4v) is 4.28. The molecule has 1 spiro atoms. The molecule has 0 saturated carbocycles. The highest BCUT2D eigenvalue weighted by Crippen LogP contribution is 2.41. The van der Waals surface area contributed by atoms with Crippen LogP contribution >= 0.6 is 0 Å². The molecule has 1 amide bonds. The highest BCUT2D eigenvalue weighted by atomic mass is 19.1. The highest BCUT2D eigenvalue weighted by molar-refractivity contribution is 5.85. The smallest absolute Gasteiger partial charge is 0.230 e. The van der Waals surface area contributed by atoms with Crippen molar-refractivity contribution in [3.63, 3.8) is 0 Å². The van der Waals surface area contributed by atoms with Gasteiger partial charge in [0.25, 0.3) is 0 Å². The van der Waals surface area contributed by atoms with E-state index in [2.05, 4.69) is 15.1 Å². The van der Waals surface area contributed by atoms with Gasteiger partial charge in [-0.05, 0) is 55.7 Å². The van der Waals surface area contributed by atoms with E-state index in [1.807, 2.05) is 17.0 Å². The molecule has 0 aliphatic carbocycles. The lowest BCUT2D eigenvalue weighted by Gasteiger charge is -2.39. The number of piperidine rings is 1. The molecule has 2 fully saturated rings. The second-order valence-electron chi connectivity index (χ2n) is 7.62. The summed E-state index contributed by atoms with van der Waals surface area (Å²) >= 11 is 0. The van der Waals surface area contributed by atoms with Gasteiger partial charge in [0.2, 0.25) is 5.91 Å². The van der Waals surface area contributed by atoms with Gasteiger partial charge in [0.1, 0.15) is 5.82 Å². The second kappa shape index (κ2) is 7.83. The number of carbonyl (C=O) groups is 1. The Bertz CT molecular complexity index is 827. The molecular formula is C21H25FN4O2. The van der Waals surface area contributed by atoms with Crippen molar-refractivity contribution in [1.82, 2.24) is 15.1 Å². The van der Waals surface area contributed by atoms with Crippen LogP contribution in [0.1, 0.15) is 19.3 Å². The number of hydrogen-bond donors (Lipinski definition) is 0. The topological polar surface area (TPSA) is 58.6 Å². The van der Waals surface area contributed by atoms with Crippen LogP contribution in [0.25, 0.3) is 11.3 Å². The molecule has 28 heavy (non-hydrogen) atoms. The first kappa shape index (κ1) is 18.8. The van der Waals surface area contributed by atoms with E-state index in [9.17, 15) is 9.18 Å². The SMILES string of the molecule is COCCN1CCC[C@@]2(CCN(c3ccc(-c4ccc(F)cc4)nn3)C2)C1=O. The van der Waals surface area contributed by atoms with E-state index < -0.39 is 0 Å². The summed E-state index contributed by atoms with van der Waals surface area (Å²) in [7, 11) is 1.66. The van der Waals surface area contributed by atoms with Crippen LogP contribution in [0.15, 0.2) is 36.4 Å². The molecule has 0 bridgehead atoms. The zero-order chi connectivity index (χ0) is 19.6. The van der Waals surface area contributed by atoms with Crippen LogP contribution in [-0.2, 0) is 9.53 Å². The Morgan fingerprint density at radius 1 is 1.11 bits per heavy atom. The number of halogens is 1. The van der Waals surface area contributed by atoms with Gasteiger partial charge in [0, 0.05) is 38.9 Å². The lowest BCUT2D eigenvalue weighted by molar-refractivity contribution is -0.145. The number of ether oxygens (including phenoxy) is 1. The van der Waals surface area contributed by atoms with Gasteiger partial charge >= 0.3 is 0 Å². The molecule has 148 valence electrons. The maximum Gasteiger partial charge on any atom is 0.230 e. The van der Waals surface area contributed by atoms with Gasteiger partial charge in [-0.2, -0.15) is 0 Å². The summed E-state index contributed by atoms with van der Waals surface area (Å²) in [6.45, 7) is 3.52. The van der Waals surface area contributed by atoms with Crippen LogP contribution in [-0.4, -0.2) is 60.9 Å². The molecule has 0 radical (unpaired) electrons. The van der Waals surface area contributed by atoms with Crippen LogP contribution in [0.5, 0.6) is 0 Å². The Labute approximate surface area is 164 Å². The van der Waals surface area contributed by atoms with Gasteiger partial charge in [-0.25, -0.2) is 4.39 Å². The highest BCUT2D eigenvalue weighted by Gasteiger charge is 2.48. The average Bonchev–Trinajstić information content (AvgIpc) is 3.15. The summed E-state index contributed by atoms with van der Waals surface area (Å²) in [5, 5.41) is 8.67. The van der Waals surface area contributed by atoms with Crippen LogP contribution in [0.4, 0.5) is 10.2 Å². The van der Waals surface area contributed by atoms with Crippen molar-refractivity contribution >= 4 is 11.7 Å². The fourth-order valence-electron chi connectivity index (χ4n) is 4.28. The lowest BCUT2D eigenvalue weighted by Crippen LogP contribution is -2.51. The molecule has 2 aromatic rings. The summed E-state index contributed by atoms with van der Waals surface area (Å²) in [4.78, 5) is 17.2. The number of carbonyl (C=O) groups excluding carboxylic acids is 1. The number of rotatable bonds is 5. The van der Waals surface area contributed by atoms with Gasteiger partial charge in [-0.3, -0.25) is 4.79 Å². The van der Waals surface area contributed by atoms with Crippen LogP contribution in [0.3, 0.4) is 0 Å². The molecule has 0 N–H and O–H groups in total. The van der Waals surface area contributed by atoms with Gasteiger partial charge in [0.05, 0.1) is 17.7 Å². The number of hydrogen-bond acceptors (Lipinski definition) is 5. The molecule has 2 aliphatic rings. The summed E-state index contributed by atoms with van der Waals surface area (Å²) in [5.74, 6) is 0.756. The van der Waals surface area contributed by atoms with Gasteiger partial charge < -0.3 is 14.5 Å². The Morgan fingerprint density at radius 3 is 2.64 bits per heavy atom. The molecule has 0 unspecified atom stereocenters. The van der Waals surface area contributed by atoms with E-state index in [4.69, 9.17) is 4.74 Å². The third-order valence-corrected chi connectivity index (χ3v) is 5.86. The molecule has 3 heterocycles. The molecule has 4 rings (SSSR count). The average molecular weight is 384 g/mol. The Morgan fingerprint density at radius 2 is 1.93 bits per heavy atom. The molecular weight excluding hydrogens is 359 g/mol. The number of amides is 1. The summed E-state index contributed by atoms with van der Waals surface area (Å²) in [6.07, 6.45) is 2.79. The third-order valence-electron chi connectivity index (χ3n) is 5.86. The molecule has 2 aliphatic heterocycles. The van der Waals surface area contributed by atoms with Crippen molar-refractivity contribution in [1.29, 1.82) is 0 Å². The first-order valence-corrected chi connectivity index (χ1v) is 9.74. The van der Waals surface area contributed by atoms with E-state index in [0.29, 0.717) is 25.4 Å². The van der Waals surface area contributed by atoms with Crippen molar-refractivity contribution in [3.8, 4) is 11.3 Å². The number of anilines is 1. The van der Waals surface area contributed by atoms with E-state index >= 15 is 0 Å². The zero-order valence-corrected chi connectivity index (χ0v) is 16.1. The van der Waals surface area contributed by atoms with Crippen molar-refractivity contribution in [2.75, 3.05) is 44.8 Å². The largest absolute Gasteiger partial charge is 0.383 e. The van der Waals surface area contributed by atoms with Crippen LogP contribution in [0.2, 0.25) is 0 Å². The van der Waals surface area contributed by atoms with Gasteiger partial charge in [-0.1, -0.05) is 0 Å². The normalized spacial score (nSPS) is 22.3. The van der Waals surface area contributed by atoms with Crippen LogP contribution < -0.4 is 4.90 Å². The van der Waals surface area contributed by atoms with E-state index in [1.165, 1.54) is 12.1 Å². The zero-order valence-electron chi connectivity index (χ0n) is 16.1. The van der Waals surface area contributed by atoms with Crippen molar-refractivity contribution < 1.29 is 13.9 Å². The lowest BCUT2D eigenvalue weighted by atomic mass is 9.78. The number of benzene rings is 1. The quantitative estimate of drug-likeness (QED) is 0.793. The minimum absolute atomic E-state index is 0.245. The number of aromatic nitrogens is 2. The standard InChI is InChI=1S/C21H25FN4O2/c1-28-14-13-25-11-2-9-21(20(25)27)10-12-26(15-21)19-8-7-18(23-24-19)16-3-5-17(22)6-4-16/h3-8H,2,9-15H2,1H3/t21-/m0/s1. The monoisotopic (exact) mass is 384 g/mol. The first-order chi connectivity index (χ1) is 13.6. The van der Waals surface area contributed by atoms with E-state index in [0.717, 1.165) is 43.7 Å². The van der Waals surface area contributed by atoms with Crippen molar-refractivity contribution in [2.24, 2.45) is 5.41 Å². The summed E-state index contributed by atoms with van der Waals surface area (Å²) in [6, 6.07) is 10.0. The van der Waals surface area contributed by atoms with Gasteiger partial charge in [-0.15, -0.1) is 10.2 Å². The molecule has 1 aromatic heterocycles. The molecule has 1 atom stereocenters. The maximum atomic E-state index is 13.1. The number of likely N-dealkylation sites (tertiary alicyclic amines) is 1. The Kier molecular flexibility index (Phi) is 5.26. The Hall–Kier alpha value is -2.54. The predicted molar refractivity (Wildman–Crippen MR) is 104 cm³/mol. The summed E-state index contributed by atoms with van der Waals surface area (Å²) < 4.78 is 18.2. The maximum absolute atomic E-state index is 13.1. The fraction of sp³-hybridized carbons (Fsp3) is 0.476. The first-order valence-electron chi connectivity index (χ1n) is 9.74.